The van der Waals surface area contributed by atoms with Gasteiger partial charge in [-0.15, -0.1) is 10.2 Å². The first kappa shape index (κ1) is 18.1. The molecule has 3 aromatic rings. The van der Waals surface area contributed by atoms with Gasteiger partial charge in [-0.25, -0.2) is 0 Å². The molecule has 134 valence electrons. The molecule has 1 aromatic heterocycles. The zero-order chi connectivity index (χ0) is 18.4. The van der Waals surface area contributed by atoms with Gasteiger partial charge in [-0.3, -0.25) is 4.79 Å². The Bertz CT molecular complexity index is 847. The molecule has 0 aliphatic rings. The van der Waals surface area contributed by atoms with E-state index in [9.17, 15) is 4.79 Å². The molecule has 0 radical (unpaired) electrons. The van der Waals surface area contributed by atoms with Crippen LogP contribution >= 0.6 is 11.3 Å². The molecule has 26 heavy (non-hydrogen) atoms. The summed E-state index contributed by atoms with van der Waals surface area (Å²) in [6.45, 7) is 2.05. The van der Waals surface area contributed by atoms with Crippen molar-refractivity contribution in [1.29, 1.82) is 0 Å². The van der Waals surface area contributed by atoms with Gasteiger partial charge in [-0.2, -0.15) is 0 Å². The summed E-state index contributed by atoms with van der Waals surface area (Å²) >= 11 is 1.40. The maximum Gasteiger partial charge on any atom is 0.226 e. The molecule has 0 aliphatic heterocycles. The Kier molecular flexibility index (Phi) is 5.96. The summed E-state index contributed by atoms with van der Waals surface area (Å²) in [4.78, 5) is 12.2. The summed E-state index contributed by atoms with van der Waals surface area (Å²) in [7, 11) is 1.65. The molecule has 0 spiro atoms. The van der Waals surface area contributed by atoms with Gasteiger partial charge < -0.3 is 10.1 Å². The van der Waals surface area contributed by atoms with Crippen LogP contribution in [-0.2, 0) is 11.2 Å². The Labute approximate surface area is 157 Å². The third-order valence-electron chi connectivity index (χ3n) is 4.09. The first-order chi connectivity index (χ1) is 12.6. The zero-order valence-electron chi connectivity index (χ0n) is 14.8. The molecule has 1 atom stereocenters. The highest BCUT2D eigenvalue weighted by Gasteiger charge is 2.13. The molecular formula is C20H21N3O2S. The molecule has 3 rings (SSSR count). The average molecular weight is 367 g/mol. The fraction of sp³-hybridized carbons (Fsp3) is 0.250. The van der Waals surface area contributed by atoms with Crippen molar-refractivity contribution < 1.29 is 9.53 Å². The first-order valence-corrected chi connectivity index (χ1v) is 9.26. The quantitative estimate of drug-likeness (QED) is 0.677. The number of ether oxygens (including phenoxy) is 1. The van der Waals surface area contributed by atoms with Gasteiger partial charge in [0.1, 0.15) is 10.8 Å². The third-order valence-corrected chi connectivity index (χ3v) is 4.93. The van der Waals surface area contributed by atoms with Crippen LogP contribution in [0.2, 0.25) is 0 Å². The fourth-order valence-electron chi connectivity index (χ4n) is 2.64. The average Bonchev–Trinajstić information content (AvgIpc) is 3.09. The van der Waals surface area contributed by atoms with Crippen LogP contribution in [-0.4, -0.2) is 23.2 Å². The van der Waals surface area contributed by atoms with E-state index in [1.807, 2.05) is 61.5 Å². The number of nitrogens with zero attached hydrogens (tertiary/aromatic N) is 2. The van der Waals surface area contributed by atoms with Crippen LogP contribution in [0.15, 0.2) is 54.6 Å². The molecule has 1 heterocycles. The van der Waals surface area contributed by atoms with Crippen LogP contribution < -0.4 is 10.1 Å². The molecule has 2 aromatic carbocycles. The van der Waals surface area contributed by atoms with Crippen molar-refractivity contribution in [3.05, 3.63) is 70.7 Å². The SMILES string of the molecule is COc1ccc(Cc2nnc(NC(=O)C[C@@H](C)c3ccccc3)s2)cc1. The van der Waals surface area contributed by atoms with Gasteiger partial charge in [-0.1, -0.05) is 60.7 Å². The molecule has 1 N–H and O–H groups in total. The highest BCUT2D eigenvalue weighted by molar-refractivity contribution is 7.15. The molecule has 0 bridgehead atoms. The molecule has 0 aliphatic carbocycles. The minimum Gasteiger partial charge on any atom is -0.497 e. The lowest BCUT2D eigenvalue weighted by atomic mass is 9.98. The van der Waals surface area contributed by atoms with E-state index in [4.69, 9.17) is 4.74 Å². The number of amides is 1. The largest absolute Gasteiger partial charge is 0.497 e. The van der Waals surface area contributed by atoms with Gasteiger partial charge in [0.15, 0.2) is 0 Å². The van der Waals surface area contributed by atoms with Crippen LogP contribution in [0, 0.1) is 0 Å². The maximum absolute atomic E-state index is 12.2. The lowest BCUT2D eigenvalue weighted by Crippen LogP contribution is -2.14. The van der Waals surface area contributed by atoms with E-state index in [0.717, 1.165) is 21.9 Å². The van der Waals surface area contributed by atoms with E-state index >= 15 is 0 Å². The molecule has 0 unspecified atom stereocenters. The Morgan fingerprint density at radius 2 is 1.85 bits per heavy atom. The Balaban J connectivity index is 1.55. The summed E-state index contributed by atoms with van der Waals surface area (Å²) in [5, 5.41) is 12.5. The Morgan fingerprint density at radius 1 is 1.12 bits per heavy atom. The van der Waals surface area contributed by atoms with Crippen molar-refractivity contribution in [1.82, 2.24) is 10.2 Å². The highest BCUT2D eigenvalue weighted by Crippen LogP contribution is 2.22. The number of methoxy groups -OCH3 is 1. The van der Waals surface area contributed by atoms with E-state index in [0.29, 0.717) is 18.0 Å². The van der Waals surface area contributed by atoms with Crippen molar-refractivity contribution in [3.8, 4) is 5.75 Å². The molecule has 6 heteroatoms. The number of anilines is 1. The number of carbonyl (C=O) groups is 1. The minimum atomic E-state index is -0.0477. The maximum atomic E-state index is 12.2. The van der Waals surface area contributed by atoms with Crippen LogP contribution in [0.4, 0.5) is 5.13 Å². The third kappa shape index (κ3) is 4.89. The van der Waals surface area contributed by atoms with Crippen LogP contribution in [0.3, 0.4) is 0 Å². The van der Waals surface area contributed by atoms with Crippen molar-refractivity contribution in [2.24, 2.45) is 0 Å². The number of benzene rings is 2. The lowest BCUT2D eigenvalue weighted by molar-refractivity contribution is -0.116. The second-order valence-corrected chi connectivity index (χ2v) is 7.15. The predicted molar refractivity (Wildman–Crippen MR) is 104 cm³/mol. The van der Waals surface area contributed by atoms with Crippen molar-refractivity contribution in [2.75, 3.05) is 12.4 Å². The van der Waals surface area contributed by atoms with Crippen LogP contribution in [0.1, 0.15) is 35.4 Å². The molecule has 0 saturated carbocycles. The van der Waals surface area contributed by atoms with Crippen LogP contribution in [0.25, 0.3) is 0 Å². The molecule has 5 nitrogen and oxygen atoms in total. The molecular weight excluding hydrogens is 346 g/mol. The van der Waals surface area contributed by atoms with Gasteiger partial charge in [-0.05, 0) is 29.2 Å². The normalized spacial score (nSPS) is 11.8. The van der Waals surface area contributed by atoms with E-state index < -0.39 is 0 Å². The van der Waals surface area contributed by atoms with Crippen molar-refractivity contribution in [2.45, 2.75) is 25.7 Å². The molecule has 0 saturated heterocycles. The van der Waals surface area contributed by atoms with Gasteiger partial charge >= 0.3 is 0 Å². The Morgan fingerprint density at radius 3 is 2.54 bits per heavy atom. The number of hydrogen-bond donors (Lipinski definition) is 1. The topological polar surface area (TPSA) is 64.1 Å². The predicted octanol–water partition coefficient (Wildman–Crippen LogP) is 4.27. The lowest BCUT2D eigenvalue weighted by Gasteiger charge is -2.10. The second kappa shape index (κ2) is 8.58. The summed E-state index contributed by atoms with van der Waals surface area (Å²) < 4.78 is 5.16. The van der Waals surface area contributed by atoms with Crippen molar-refractivity contribution in [3.63, 3.8) is 0 Å². The van der Waals surface area contributed by atoms with E-state index in [1.165, 1.54) is 11.3 Å². The molecule has 1 amide bonds. The monoisotopic (exact) mass is 367 g/mol. The standard InChI is InChI=1S/C20H21N3O2S/c1-14(16-6-4-3-5-7-16)12-18(24)21-20-23-22-19(26-20)13-15-8-10-17(25-2)11-9-15/h3-11,14H,12-13H2,1-2H3,(H,21,23,24)/t14-/m1/s1. The molecule has 0 fully saturated rings. The van der Waals surface area contributed by atoms with Crippen molar-refractivity contribution >= 4 is 22.4 Å². The summed E-state index contributed by atoms with van der Waals surface area (Å²) in [5.41, 5.74) is 2.28. The van der Waals surface area contributed by atoms with Gasteiger partial charge in [0, 0.05) is 12.8 Å². The highest BCUT2D eigenvalue weighted by atomic mass is 32.1. The van der Waals surface area contributed by atoms with Crippen LogP contribution in [0.5, 0.6) is 5.75 Å². The number of nitrogens with one attached hydrogen (secondary N) is 1. The Hall–Kier alpha value is -2.73. The van der Waals surface area contributed by atoms with Gasteiger partial charge in [0.05, 0.1) is 7.11 Å². The van der Waals surface area contributed by atoms with Gasteiger partial charge in [0.2, 0.25) is 11.0 Å². The van der Waals surface area contributed by atoms with Gasteiger partial charge in [0.25, 0.3) is 0 Å². The number of carbonyl (C=O) groups excluding carboxylic acids is 1. The smallest absolute Gasteiger partial charge is 0.226 e. The first-order valence-electron chi connectivity index (χ1n) is 8.44. The summed E-state index contributed by atoms with van der Waals surface area (Å²) in [6.07, 6.45) is 1.09. The number of rotatable bonds is 7. The van der Waals surface area contributed by atoms with E-state index in [2.05, 4.69) is 15.5 Å². The fourth-order valence-corrected chi connectivity index (χ4v) is 3.43. The summed E-state index contributed by atoms with van der Waals surface area (Å²) in [6, 6.07) is 17.9. The van der Waals surface area contributed by atoms with E-state index in [1.54, 1.807) is 7.11 Å². The van der Waals surface area contributed by atoms with E-state index in [-0.39, 0.29) is 11.8 Å². The second-order valence-electron chi connectivity index (χ2n) is 6.09. The number of hydrogen-bond acceptors (Lipinski definition) is 5. The minimum absolute atomic E-state index is 0.0477. The number of aromatic nitrogens is 2. The zero-order valence-corrected chi connectivity index (χ0v) is 15.6. The summed E-state index contributed by atoms with van der Waals surface area (Å²) in [5.74, 6) is 0.933.